The van der Waals surface area contributed by atoms with Crippen LogP contribution in [0.4, 0.5) is 25.1 Å². The van der Waals surface area contributed by atoms with Gasteiger partial charge in [0.25, 0.3) is 11.5 Å². The lowest BCUT2D eigenvalue weighted by atomic mass is 9.92. The molecule has 12 heteroatoms. The molecule has 2 aliphatic rings. The Bertz CT molecular complexity index is 1210. The first-order chi connectivity index (χ1) is 16.6. The van der Waals surface area contributed by atoms with Crippen molar-refractivity contribution in [2.24, 2.45) is 0 Å². The average Bonchev–Trinajstić information content (AvgIpc) is 2.74. The summed E-state index contributed by atoms with van der Waals surface area (Å²) in [5, 5.41) is 5.92. The molecular weight excluding hydrogens is 503 g/mol. The smallest absolute Gasteiger partial charge is 0.310 e. The summed E-state index contributed by atoms with van der Waals surface area (Å²) in [6.45, 7) is 3.14. The number of nitrogens with zero attached hydrogens (tertiary/aromatic N) is 2. The first-order valence-corrected chi connectivity index (χ1v) is 13.9. The number of likely N-dealkylation sites (tertiary alicyclic amines) is 1. The Labute approximate surface area is 206 Å². The van der Waals surface area contributed by atoms with Crippen LogP contribution in [0.15, 0.2) is 46.2 Å². The van der Waals surface area contributed by atoms with E-state index in [1.165, 1.54) is 29.8 Å². The second-order valence-electron chi connectivity index (χ2n) is 9.89. The highest BCUT2D eigenvalue weighted by Crippen LogP contribution is 3.02. The number of hydrogen-bond donors (Lipinski definition) is 2. The second kappa shape index (κ2) is 8.76. The zero-order valence-electron chi connectivity index (χ0n) is 20.2. The summed E-state index contributed by atoms with van der Waals surface area (Å²) in [6, 6.07) is 3.31. The minimum atomic E-state index is -9.86. The Morgan fingerprint density at radius 3 is 2.31 bits per heavy atom. The number of piperidine rings is 1. The van der Waals surface area contributed by atoms with Crippen molar-refractivity contribution < 1.29 is 24.2 Å². The second-order valence-corrected chi connectivity index (χ2v) is 12.3. The number of amides is 1. The summed E-state index contributed by atoms with van der Waals surface area (Å²) in [5.41, 5.74) is 0.210. The molecule has 1 aromatic carbocycles. The van der Waals surface area contributed by atoms with E-state index in [0.717, 1.165) is 51.3 Å². The van der Waals surface area contributed by atoms with E-state index in [1.54, 1.807) is 0 Å². The fourth-order valence-corrected chi connectivity index (χ4v) is 5.25. The van der Waals surface area contributed by atoms with Crippen LogP contribution < -0.4 is 16.2 Å². The van der Waals surface area contributed by atoms with Crippen LogP contribution >= 0.6 is 10.2 Å². The fraction of sp³-hybridized carbons (Fsp3) is 0.500. The quantitative estimate of drug-likeness (QED) is 0.414. The van der Waals surface area contributed by atoms with E-state index in [2.05, 4.69) is 15.5 Å². The average molecular weight is 535 g/mol. The third-order valence-corrected chi connectivity index (χ3v) is 8.17. The zero-order valence-corrected chi connectivity index (χ0v) is 21.0. The van der Waals surface area contributed by atoms with Crippen LogP contribution in [0, 0.1) is 0 Å². The van der Waals surface area contributed by atoms with Gasteiger partial charge in [-0.15, -0.1) is 0 Å². The first-order valence-electron chi connectivity index (χ1n) is 12.0. The van der Waals surface area contributed by atoms with Gasteiger partial charge in [0.05, 0.1) is 17.3 Å². The normalized spacial score (nSPS) is 20.6. The van der Waals surface area contributed by atoms with E-state index in [4.69, 9.17) is 0 Å². The molecule has 0 spiro atoms. The number of nitrogens with one attached hydrogen (secondary N) is 2. The largest absolute Gasteiger partial charge is 0.381 e. The maximum absolute atomic E-state index is 13.3. The highest BCUT2D eigenvalue weighted by Gasteiger charge is 2.65. The minimum Gasteiger partial charge on any atom is -0.381 e. The molecule has 4 rings (SSSR count). The summed E-state index contributed by atoms with van der Waals surface area (Å²) < 4.78 is 67.9. The van der Waals surface area contributed by atoms with Crippen molar-refractivity contribution in [3.8, 4) is 0 Å². The molecule has 200 valence electrons. The summed E-state index contributed by atoms with van der Waals surface area (Å²) >= 11 is 0. The maximum atomic E-state index is 13.3. The number of aromatic nitrogens is 1. The Kier molecular flexibility index (Phi) is 6.44. The Hall–Kier alpha value is -2.60. The van der Waals surface area contributed by atoms with E-state index in [0.29, 0.717) is 17.8 Å². The summed E-state index contributed by atoms with van der Waals surface area (Å²) in [5.74, 6) is -0.608. The monoisotopic (exact) mass is 534 g/mol. The molecule has 1 atom stereocenters. The molecular formula is C24H31F5N4O2S. The lowest BCUT2D eigenvalue weighted by Crippen LogP contribution is -2.38. The molecule has 2 N–H and O–H groups in total. The van der Waals surface area contributed by atoms with Crippen LogP contribution in [-0.2, 0) is 0 Å². The molecule has 36 heavy (non-hydrogen) atoms. The predicted octanol–water partition coefficient (Wildman–Crippen LogP) is 6.23. The topological polar surface area (TPSA) is 66.4 Å². The lowest BCUT2D eigenvalue weighted by Gasteiger charge is -2.40. The van der Waals surface area contributed by atoms with Gasteiger partial charge >= 0.3 is 10.2 Å². The number of rotatable bonds is 7. The van der Waals surface area contributed by atoms with Crippen LogP contribution in [0.5, 0.6) is 0 Å². The standard InChI is InChI=1S/C24H31F5N4O2S/c1-16(17-5-3-8-20(13-17)36(25,26,27,28)29)30-24(35)21-15-33(19-6-4-7-19)23(34)14-22(21)31-18-9-11-32(2)12-10-18/h3,5,8,13-16,18-19,31H,4,6-7,9-12H2,1-2H3,(H,30,35)/t16-/m1/s1. The van der Waals surface area contributed by atoms with Gasteiger partial charge in [0.1, 0.15) is 4.90 Å². The maximum Gasteiger partial charge on any atom is 0.310 e. The summed E-state index contributed by atoms with van der Waals surface area (Å²) in [6.07, 6.45) is 5.76. The number of pyridine rings is 1. The van der Waals surface area contributed by atoms with Gasteiger partial charge in [-0.1, -0.05) is 31.6 Å². The Morgan fingerprint density at radius 2 is 1.72 bits per heavy atom. The van der Waals surface area contributed by atoms with Crippen LogP contribution in [0.3, 0.4) is 0 Å². The van der Waals surface area contributed by atoms with Gasteiger partial charge in [-0.05, 0) is 76.9 Å². The molecule has 1 aliphatic carbocycles. The van der Waals surface area contributed by atoms with Crippen molar-refractivity contribution in [3.05, 3.63) is 58.0 Å². The van der Waals surface area contributed by atoms with Crippen molar-refractivity contribution in [3.63, 3.8) is 0 Å². The van der Waals surface area contributed by atoms with E-state index >= 15 is 0 Å². The van der Waals surface area contributed by atoms with Crippen LogP contribution in [-0.4, -0.2) is 41.6 Å². The Morgan fingerprint density at radius 1 is 1.06 bits per heavy atom. The van der Waals surface area contributed by atoms with Gasteiger partial charge in [-0.25, -0.2) is 0 Å². The van der Waals surface area contributed by atoms with E-state index in [-0.39, 0.29) is 28.8 Å². The first kappa shape index (κ1) is 26.5. The molecule has 2 aromatic rings. The Balaban J connectivity index is 1.61. The highest BCUT2D eigenvalue weighted by atomic mass is 32.5. The SMILES string of the molecule is C[C@@H](NC(=O)c1cn(C2CCC2)c(=O)cc1NC1CCN(C)CC1)c1cccc(S(F)(F)(F)(F)F)c1. The number of halogens is 5. The molecule has 1 saturated carbocycles. The molecule has 0 radical (unpaired) electrons. The van der Waals surface area contributed by atoms with Crippen molar-refractivity contribution in [1.82, 2.24) is 14.8 Å². The van der Waals surface area contributed by atoms with Crippen LogP contribution in [0.25, 0.3) is 0 Å². The van der Waals surface area contributed by atoms with Gasteiger partial charge in [0, 0.05) is 24.3 Å². The highest BCUT2D eigenvalue weighted by molar-refractivity contribution is 8.45. The zero-order chi connectivity index (χ0) is 26.4. The molecule has 0 bridgehead atoms. The van der Waals surface area contributed by atoms with Crippen molar-refractivity contribution in [2.75, 3.05) is 25.5 Å². The molecule has 1 aromatic heterocycles. The van der Waals surface area contributed by atoms with Gasteiger partial charge < -0.3 is 20.1 Å². The van der Waals surface area contributed by atoms with Gasteiger partial charge in [0.15, 0.2) is 0 Å². The number of carbonyl (C=O) groups excluding carboxylic acids is 1. The third-order valence-electron chi connectivity index (χ3n) is 7.02. The van der Waals surface area contributed by atoms with Crippen LogP contribution in [0.1, 0.15) is 67.0 Å². The fourth-order valence-electron chi connectivity index (χ4n) is 4.55. The third kappa shape index (κ3) is 6.03. The van der Waals surface area contributed by atoms with Crippen molar-refractivity contribution >= 4 is 21.8 Å². The van der Waals surface area contributed by atoms with Gasteiger partial charge in [-0.3, -0.25) is 9.59 Å². The number of benzene rings is 1. The minimum absolute atomic E-state index is 0.00646. The van der Waals surface area contributed by atoms with Gasteiger partial charge in [0.2, 0.25) is 0 Å². The molecule has 1 amide bonds. The number of anilines is 1. The molecule has 1 aliphatic heterocycles. The van der Waals surface area contributed by atoms with Crippen LogP contribution in [0.2, 0.25) is 0 Å². The van der Waals surface area contributed by atoms with Crippen molar-refractivity contribution in [1.29, 1.82) is 0 Å². The molecule has 6 nitrogen and oxygen atoms in total. The molecule has 0 unspecified atom stereocenters. The van der Waals surface area contributed by atoms with E-state index in [1.807, 2.05) is 7.05 Å². The van der Waals surface area contributed by atoms with Crippen molar-refractivity contribution in [2.45, 2.75) is 62.0 Å². The molecule has 2 fully saturated rings. The summed E-state index contributed by atoms with van der Waals surface area (Å²) in [4.78, 5) is 26.3. The number of hydrogen-bond acceptors (Lipinski definition) is 4. The summed E-state index contributed by atoms with van der Waals surface area (Å²) in [7, 11) is -7.84. The number of carbonyl (C=O) groups is 1. The van der Waals surface area contributed by atoms with Gasteiger partial charge in [-0.2, -0.15) is 0 Å². The van der Waals surface area contributed by atoms with E-state index < -0.39 is 27.1 Å². The van der Waals surface area contributed by atoms with E-state index in [9.17, 15) is 29.0 Å². The molecule has 2 heterocycles. The lowest BCUT2D eigenvalue weighted by molar-refractivity contribution is 0.0939. The molecule has 1 saturated heterocycles. The predicted molar refractivity (Wildman–Crippen MR) is 131 cm³/mol.